The fourth-order valence-corrected chi connectivity index (χ4v) is 3.01. The zero-order chi connectivity index (χ0) is 18.8. The van der Waals surface area contributed by atoms with E-state index in [2.05, 4.69) is 10.5 Å². The SMILES string of the molecule is Cc1noc(C)c1C(=O)OCC(=O)N1c2ccccc2NC(=O)C[C@@H]1C. The molecule has 0 saturated carbocycles. The Morgan fingerprint density at radius 2 is 2.08 bits per heavy atom. The van der Waals surface area contributed by atoms with Crippen molar-refractivity contribution in [3.63, 3.8) is 0 Å². The maximum Gasteiger partial charge on any atom is 0.344 e. The molecule has 1 aromatic heterocycles. The molecule has 0 bridgehead atoms. The van der Waals surface area contributed by atoms with E-state index in [4.69, 9.17) is 9.26 Å². The average Bonchev–Trinajstić information content (AvgIpc) is 2.85. The normalized spacial score (nSPS) is 16.5. The number of para-hydroxylation sites is 2. The molecule has 0 spiro atoms. The largest absolute Gasteiger partial charge is 0.452 e. The van der Waals surface area contributed by atoms with Crippen LogP contribution in [-0.4, -0.2) is 35.6 Å². The predicted molar refractivity (Wildman–Crippen MR) is 92.9 cm³/mol. The first-order valence-electron chi connectivity index (χ1n) is 8.19. The average molecular weight is 357 g/mol. The molecular weight excluding hydrogens is 338 g/mol. The van der Waals surface area contributed by atoms with Crippen molar-refractivity contribution in [2.45, 2.75) is 33.2 Å². The van der Waals surface area contributed by atoms with Crippen LogP contribution < -0.4 is 10.2 Å². The second kappa shape index (κ2) is 6.99. The van der Waals surface area contributed by atoms with Crippen LogP contribution in [0, 0.1) is 13.8 Å². The molecule has 8 nitrogen and oxygen atoms in total. The van der Waals surface area contributed by atoms with Gasteiger partial charge in [0.15, 0.2) is 6.61 Å². The van der Waals surface area contributed by atoms with E-state index in [1.165, 1.54) is 4.90 Å². The number of aryl methyl sites for hydroxylation is 2. The molecule has 26 heavy (non-hydrogen) atoms. The van der Waals surface area contributed by atoms with Gasteiger partial charge in [0.25, 0.3) is 5.91 Å². The number of carbonyl (C=O) groups is 3. The minimum absolute atomic E-state index is 0.151. The number of nitrogens with zero attached hydrogens (tertiary/aromatic N) is 2. The van der Waals surface area contributed by atoms with Crippen LogP contribution in [0.15, 0.2) is 28.8 Å². The summed E-state index contributed by atoms with van der Waals surface area (Å²) in [6.07, 6.45) is 0.151. The molecule has 0 aliphatic carbocycles. The molecule has 2 amide bonds. The van der Waals surface area contributed by atoms with Crippen LogP contribution in [-0.2, 0) is 14.3 Å². The highest BCUT2D eigenvalue weighted by atomic mass is 16.5. The topological polar surface area (TPSA) is 102 Å². The Morgan fingerprint density at radius 3 is 2.77 bits per heavy atom. The van der Waals surface area contributed by atoms with Crippen LogP contribution in [0.5, 0.6) is 0 Å². The van der Waals surface area contributed by atoms with E-state index in [0.717, 1.165) is 0 Å². The zero-order valence-corrected chi connectivity index (χ0v) is 14.7. The third kappa shape index (κ3) is 3.30. The van der Waals surface area contributed by atoms with Gasteiger partial charge in [-0.05, 0) is 32.9 Å². The molecule has 1 aliphatic heterocycles. The van der Waals surface area contributed by atoms with Gasteiger partial charge < -0.3 is 19.5 Å². The molecule has 0 radical (unpaired) electrons. The van der Waals surface area contributed by atoms with E-state index < -0.39 is 18.5 Å². The summed E-state index contributed by atoms with van der Waals surface area (Å²) in [5, 5.41) is 6.48. The van der Waals surface area contributed by atoms with Gasteiger partial charge in [-0.2, -0.15) is 0 Å². The number of benzene rings is 1. The lowest BCUT2D eigenvalue weighted by atomic mass is 10.1. The first-order chi connectivity index (χ1) is 12.4. The Bertz CT molecular complexity index is 854. The number of rotatable bonds is 3. The fraction of sp³-hybridized carbons (Fsp3) is 0.333. The smallest absolute Gasteiger partial charge is 0.344 e. The van der Waals surface area contributed by atoms with Gasteiger partial charge in [0.1, 0.15) is 11.3 Å². The third-order valence-corrected chi connectivity index (χ3v) is 4.19. The quantitative estimate of drug-likeness (QED) is 0.845. The van der Waals surface area contributed by atoms with Crippen LogP contribution in [0.4, 0.5) is 11.4 Å². The predicted octanol–water partition coefficient (Wildman–Crippen LogP) is 2.21. The Labute approximate surface area is 150 Å². The number of ether oxygens (including phenoxy) is 1. The summed E-state index contributed by atoms with van der Waals surface area (Å²) < 4.78 is 10.1. The molecule has 0 saturated heterocycles. The van der Waals surface area contributed by atoms with Crippen molar-refractivity contribution in [3.8, 4) is 0 Å². The molecule has 2 aromatic rings. The van der Waals surface area contributed by atoms with Crippen molar-refractivity contribution in [1.29, 1.82) is 0 Å². The fourth-order valence-electron chi connectivity index (χ4n) is 3.01. The van der Waals surface area contributed by atoms with E-state index in [1.807, 2.05) is 0 Å². The minimum atomic E-state index is -0.667. The summed E-state index contributed by atoms with van der Waals surface area (Å²) in [5.74, 6) is -0.919. The number of amides is 2. The van der Waals surface area contributed by atoms with Crippen molar-refractivity contribution >= 4 is 29.2 Å². The second-order valence-corrected chi connectivity index (χ2v) is 6.16. The summed E-state index contributed by atoms with van der Waals surface area (Å²) >= 11 is 0. The van der Waals surface area contributed by atoms with Crippen molar-refractivity contribution in [1.82, 2.24) is 5.16 Å². The van der Waals surface area contributed by atoms with Crippen LogP contribution in [0.3, 0.4) is 0 Å². The van der Waals surface area contributed by atoms with E-state index in [9.17, 15) is 14.4 Å². The Kier molecular flexibility index (Phi) is 4.75. The number of carbonyl (C=O) groups excluding carboxylic acids is 3. The van der Waals surface area contributed by atoms with E-state index in [0.29, 0.717) is 22.8 Å². The third-order valence-electron chi connectivity index (χ3n) is 4.19. The summed E-state index contributed by atoms with van der Waals surface area (Å²) in [6, 6.07) is 6.64. The lowest BCUT2D eigenvalue weighted by molar-refractivity contribution is -0.122. The van der Waals surface area contributed by atoms with Crippen LogP contribution in [0.1, 0.15) is 35.2 Å². The van der Waals surface area contributed by atoms with Gasteiger partial charge in [-0.25, -0.2) is 4.79 Å². The molecule has 1 atom stereocenters. The van der Waals surface area contributed by atoms with Gasteiger partial charge >= 0.3 is 5.97 Å². The monoisotopic (exact) mass is 357 g/mol. The van der Waals surface area contributed by atoms with Crippen molar-refractivity contribution < 1.29 is 23.6 Å². The number of anilines is 2. The molecule has 1 aromatic carbocycles. The maximum absolute atomic E-state index is 12.7. The highest BCUT2D eigenvalue weighted by Crippen LogP contribution is 2.31. The van der Waals surface area contributed by atoms with Crippen molar-refractivity contribution in [2.24, 2.45) is 0 Å². The summed E-state index contributed by atoms with van der Waals surface area (Å²) in [4.78, 5) is 38.4. The number of aromatic nitrogens is 1. The van der Waals surface area contributed by atoms with Crippen molar-refractivity contribution in [3.05, 3.63) is 41.3 Å². The number of hydrogen-bond donors (Lipinski definition) is 1. The number of fused-ring (bicyclic) bond motifs is 1. The molecule has 2 heterocycles. The van der Waals surface area contributed by atoms with Crippen LogP contribution in [0.2, 0.25) is 0 Å². The molecular formula is C18H19N3O5. The lowest BCUT2D eigenvalue weighted by Crippen LogP contribution is -2.41. The van der Waals surface area contributed by atoms with E-state index >= 15 is 0 Å². The molecule has 3 rings (SSSR count). The molecule has 1 aliphatic rings. The van der Waals surface area contributed by atoms with Crippen LogP contribution in [0.25, 0.3) is 0 Å². The number of hydrogen-bond acceptors (Lipinski definition) is 6. The maximum atomic E-state index is 12.7. The van der Waals surface area contributed by atoms with Gasteiger partial charge in [-0.1, -0.05) is 17.3 Å². The Hall–Kier alpha value is -3.16. The second-order valence-electron chi connectivity index (χ2n) is 6.16. The van der Waals surface area contributed by atoms with Gasteiger partial charge in [0.05, 0.1) is 17.1 Å². The van der Waals surface area contributed by atoms with Crippen molar-refractivity contribution in [2.75, 3.05) is 16.8 Å². The van der Waals surface area contributed by atoms with Crippen LogP contribution >= 0.6 is 0 Å². The molecule has 8 heteroatoms. The lowest BCUT2D eigenvalue weighted by Gasteiger charge is -2.27. The summed E-state index contributed by atoms with van der Waals surface area (Å²) in [7, 11) is 0. The van der Waals surface area contributed by atoms with Gasteiger partial charge in [-0.3, -0.25) is 9.59 Å². The number of esters is 1. The Morgan fingerprint density at radius 1 is 1.35 bits per heavy atom. The van der Waals surface area contributed by atoms with E-state index in [1.54, 1.807) is 45.0 Å². The Balaban J connectivity index is 1.78. The standard InChI is InChI=1S/C18H19N3O5/c1-10-8-15(22)19-13-6-4-5-7-14(13)21(10)16(23)9-25-18(24)17-11(2)20-26-12(17)3/h4-7,10H,8-9H2,1-3H3,(H,19,22)/t10-/m0/s1. The zero-order valence-electron chi connectivity index (χ0n) is 14.7. The highest BCUT2D eigenvalue weighted by Gasteiger charge is 2.30. The first kappa shape index (κ1) is 17.7. The number of nitrogens with one attached hydrogen (secondary N) is 1. The van der Waals surface area contributed by atoms with Gasteiger partial charge in [0.2, 0.25) is 5.91 Å². The molecule has 0 fully saturated rings. The molecule has 136 valence electrons. The molecule has 1 N–H and O–H groups in total. The van der Waals surface area contributed by atoms with E-state index in [-0.39, 0.29) is 23.9 Å². The highest BCUT2D eigenvalue weighted by molar-refractivity contribution is 6.05. The summed E-state index contributed by atoms with van der Waals surface area (Å²) in [5.41, 5.74) is 1.75. The molecule has 0 unspecified atom stereocenters. The van der Waals surface area contributed by atoms with Gasteiger partial charge in [0, 0.05) is 12.5 Å². The first-order valence-corrected chi connectivity index (χ1v) is 8.19. The minimum Gasteiger partial charge on any atom is -0.452 e. The van der Waals surface area contributed by atoms with Gasteiger partial charge in [-0.15, -0.1) is 0 Å². The summed E-state index contributed by atoms with van der Waals surface area (Å²) in [6.45, 7) is 4.55.